The standard InChI is InChI=1S/C14H29N3O/c1-12(2)16-6-8-17(9-7-16)14(11-18-3)10-15-13-4-5-13/h12-15H,4-11H2,1-3H3. The van der Waals surface area contributed by atoms with Crippen LogP contribution in [0.4, 0.5) is 0 Å². The highest BCUT2D eigenvalue weighted by Crippen LogP contribution is 2.19. The van der Waals surface area contributed by atoms with Crippen molar-refractivity contribution in [3.05, 3.63) is 0 Å². The largest absolute Gasteiger partial charge is 0.383 e. The molecule has 1 heterocycles. The Morgan fingerprint density at radius 2 is 1.72 bits per heavy atom. The van der Waals surface area contributed by atoms with Gasteiger partial charge in [-0.2, -0.15) is 0 Å². The van der Waals surface area contributed by atoms with Gasteiger partial charge >= 0.3 is 0 Å². The minimum Gasteiger partial charge on any atom is -0.383 e. The molecule has 1 unspecified atom stereocenters. The number of rotatable bonds is 7. The van der Waals surface area contributed by atoms with E-state index >= 15 is 0 Å². The molecule has 0 aromatic heterocycles. The summed E-state index contributed by atoms with van der Waals surface area (Å²) in [5.74, 6) is 0. The van der Waals surface area contributed by atoms with Gasteiger partial charge in [-0.05, 0) is 26.7 Å². The first-order valence-electron chi connectivity index (χ1n) is 7.41. The summed E-state index contributed by atoms with van der Waals surface area (Å²) in [4.78, 5) is 5.16. The van der Waals surface area contributed by atoms with Crippen LogP contribution in [-0.2, 0) is 4.74 Å². The molecule has 1 saturated heterocycles. The van der Waals surface area contributed by atoms with Gasteiger partial charge in [-0.15, -0.1) is 0 Å². The molecule has 2 fully saturated rings. The van der Waals surface area contributed by atoms with Gasteiger partial charge in [-0.1, -0.05) is 0 Å². The minimum atomic E-state index is 0.546. The van der Waals surface area contributed by atoms with Gasteiger partial charge in [0.15, 0.2) is 0 Å². The lowest BCUT2D eigenvalue weighted by atomic mass is 10.2. The van der Waals surface area contributed by atoms with E-state index < -0.39 is 0 Å². The van der Waals surface area contributed by atoms with Gasteiger partial charge in [-0.3, -0.25) is 9.80 Å². The van der Waals surface area contributed by atoms with E-state index in [1.54, 1.807) is 0 Å². The SMILES string of the molecule is COCC(CNC1CC1)N1CCN(C(C)C)CC1. The maximum Gasteiger partial charge on any atom is 0.0630 e. The van der Waals surface area contributed by atoms with Gasteiger partial charge in [0.2, 0.25) is 0 Å². The number of nitrogens with zero attached hydrogens (tertiary/aromatic N) is 2. The van der Waals surface area contributed by atoms with Crippen LogP contribution in [0.3, 0.4) is 0 Å². The predicted octanol–water partition coefficient (Wildman–Crippen LogP) is 0.779. The molecular weight excluding hydrogens is 226 g/mol. The highest BCUT2D eigenvalue weighted by molar-refractivity contribution is 4.86. The summed E-state index contributed by atoms with van der Waals surface area (Å²) in [7, 11) is 1.81. The molecule has 2 rings (SSSR count). The molecule has 0 bridgehead atoms. The van der Waals surface area contributed by atoms with Gasteiger partial charge in [0.25, 0.3) is 0 Å². The van der Waals surface area contributed by atoms with Crippen LogP contribution in [0.25, 0.3) is 0 Å². The normalized spacial score (nSPS) is 24.7. The Kier molecular flexibility index (Phi) is 5.42. The van der Waals surface area contributed by atoms with E-state index in [9.17, 15) is 0 Å². The van der Waals surface area contributed by atoms with E-state index in [-0.39, 0.29) is 0 Å². The van der Waals surface area contributed by atoms with Gasteiger partial charge in [-0.25, -0.2) is 0 Å². The molecule has 4 nitrogen and oxygen atoms in total. The van der Waals surface area contributed by atoms with E-state index in [0.717, 1.165) is 19.2 Å². The third-order valence-corrected chi connectivity index (χ3v) is 4.17. The molecule has 1 N–H and O–H groups in total. The number of methoxy groups -OCH3 is 1. The number of ether oxygens (including phenoxy) is 1. The summed E-state index contributed by atoms with van der Waals surface area (Å²) in [5.41, 5.74) is 0. The van der Waals surface area contributed by atoms with Crippen LogP contribution in [0.15, 0.2) is 0 Å². The molecule has 1 saturated carbocycles. The second-order valence-corrected chi connectivity index (χ2v) is 5.96. The fourth-order valence-corrected chi connectivity index (χ4v) is 2.69. The fraction of sp³-hybridized carbons (Fsp3) is 1.00. The molecule has 0 radical (unpaired) electrons. The van der Waals surface area contributed by atoms with Crippen molar-refractivity contribution >= 4 is 0 Å². The Morgan fingerprint density at radius 1 is 1.11 bits per heavy atom. The third-order valence-electron chi connectivity index (χ3n) is 4.17. The number of hydrogen-bond acceptors (Lipinski definition) is 4. The van der Waals surface area contributed by atoms with Crippen molar-refractivity contribution in [1.82, 2.24) is 15.1 Å². The predicted molar refractivity (Wildman–Crippen MR) is 75.0 cm³/mol. The van der Waals surface area contributed by atoms with Crippen LogP contribution in [0, 0.1) is 0 Å². The fourth-order valence-electron chi connectivity index (χ4n) is 2.69. The van der Waals surface area contributed by atoms with E-state index in [4.69, 9.17) is 4.74 Å². The van der Waals surface area contributed by atoms with Gasteiger partial charge in [0.05, 0.1) is 6.61 Å². The van der Waals surface area contributed by atoms with Crippen LogP contribution in [0.5, 0.6) is 0 Å². The Balaban J connectivity index is 1.75. The molecule has 0 aromatic rings. The topological polar surface area (TPSA) is 27.7 Å². The second kappa shape index (κ2) is 6.85. The molecule has 2 aliphatic rings. The number of piperazine rings is 1. The van der Waals surface area contributed by atoms with Crippen LogP contribution in [0.2, 0.25) is 0 Å². The molecule has 106 valence electrons. The summed E-state index contributed by atoms with van der Waals surface area (Å²) < 4.78 is 5.39. The summed E-state index contributed by atoms with van der Waals surface area (Å²) in [6.45, 7) is 11.3. The quantitative estimate of drug-likeness (QED) is 0.727. The first kappa shape index (κ1) is 14.3. The number of hydrogen-bond donors (Lipinski definition) is 1. The maximum absolute atomic E-state index is 5.39. The van der Waals surface area contributed by atoms with E-state index in [1.807, 2.05) is 7.11 Å². The van der Waals surface area contributed by atoms with E-state index in [1.165, 1.54) is 39.0 Å². The zero-order valence-electron chi connectivity index (χ0n) is 12.2. The smallest absolute Gasteiger partial charge is 0.0630 e. The monoisotopic (exact) mass is 255 g/mol. The average molecular weight is 255 g/mol. The minimum absolute atomic E-state index is 0.546. The first-order valence-corrected chi connectivity index (χ1v) is 7.41. The zero-order chi connectivity index (χ0) is 13.0. The third kappa shape index (κ3) is 4.19. The molecule has 0 amide bonds. The summed E-state index contributed by atoms with van der Waals surface area (Å²) >= 11 is 0. The molecule has 4 heteroatoms. The molecule has 18 heavy (non-hydrogen) atoms. The summed E-state index contributed by atoms with van der Waals surface area (Å²) in [6.07, 6.45) is 2.72. The highest BCUT2D eigenvalue weighted by Gasteiger charge is 2.27. The Morgan fingerprint density at radius 3 is 2.22 bits per heavy atom. The van der Waals surface area contributed by atoms with Crippen molar-refractivity contribution in [2.24, 2.45) is 0 Å². The lowest BCUT2D eigenvalue weighted by Gasteiger charge is -2.40. The van der Waals surface area contributed by atoms with Crippen molar-refractivity contribution < 1.29 is 4.74 Å². The number of nitrogens with one attached hydrogen (secondary N) is 1. The maximum atomic E-state index is 5.39. The van der Waals surface area contributed by atoms with Gasteiger partial charge in [0.1, 0.15) is 0 Å². The second-order valence-electron chi connectivity index (χ2n) is 5.96. The summed E-state index contributed by atoms with van der Waals surface area (Å²) in [6, 6.07) is 2.02. The van der Waals surface area contributed by atoms with Crippen LogP contribution in [0.1, 0.15) is 26.7 Å². The van der Waals surface area contributed by atoms with Gasteiger partial charge < -0.3 is 10.1 Å². The lowest BCUT2D eigenvalue weighted by Crippen LogP contribution is -2.55. The molecular formula is C14H29N3O. The van der Waals surface area contributed by atoms with Crippen molar-refractivity contribution in [2.45, 2.75) is 44.8 Å². The van der Waals surface area contributed by atoms with Crippen LogP contribution >= 0.6 is 0 Å². The van der Waals surface area contributed by atoms with Crippen molar-refractivity contribution in [3.63, 3.8) is 0 Å². The lowest BCUT2D eigenvalue weighted by molar-refractivity contribution is 0.0404. The molecule has 1 aliphatic heterocycles. The first-order chi connectivity index (χ1) is 8.70. The van der Waals surface area contributed by atoms with Crippen LogP contribution < -0.4 is 5.32 Å². The van der Waals surface area contributed by atoms with E-state index in [2.05, 4.69) is 29.0 Å². The van der Waals surface area contributed by atoms with Crippen molar-refractivity contribution in [1.29, 1.82) is 0 Å². The summed E-state index contributed by atoms with van der Waals surface area (Å²) in [5, 5.41) is 3.64. The molecule has 1 aliphatic carbocycles. The Bertz CT molecular complexity index is 235. The Hall–Kier alpha value is -0.160. The van der Waals surface area contributed by atoms with Crippen LogP contribution in [-0.4, -0.2) is 74.4 Å². The zero-order valence-corrected chi connectivity index (χ0v) is 12.2. The molecule has 1 atom stereocenters. The average Bonchev–Trinajstić information content (AvgIpc) is 3.18. The van der Waals surface area contributed by atoms with Crippen molar-refractivity contribution in [3.8, 4) is 0 Å². The Labute approximate surface area is 112 Å². The van der Waals surface area contributed by atoms with Crippen molar-refractivity contribution in [2.75, 3.05) is 46.4 Å². The van der Waals surface area contributed by atoms with E-state index in [0.29, 0.717) is 12.1 Å². The molecule has 0 spiro atoms. The molecule has 0 aromatic carbocycles. The van der Waals surface area contributed by atoms with Gasteiger partial charge in [0, 0.05) is 58.0 Å². The highest BCUT2D eigenvalue weighted by atomic mass is 16.5.